The molecule has 0 bridgehead atoms. The summed E-state index contributed by atoms with van der Waals surface area (Å²) < 4.78 is 0. The Balaban J connectivity index is 0.00000161. The van der Waals surface area contributed by atoms with Crippen LogP contribution in [0.1, 0.15) is 23.3 Å². The smallest absolute Gasteiger partial charge is 0.274 e. The van der Waals surface area contributed by atoms with E-state index >= 15 is 0 Å². The minimum absolute atomic E-state index is 0. The number of carbonyl (C=O) groups excluding carboxylic acids is 1. The maximum Gasteiger partial charge on any atom is 0.274 e. The Hall–Kier alpha value is -1.72. The van der Waals surface area contributed by atoms with Gasteiger partial charge < -0.3 is 10.6 Å². The number of amides is 1. The Morgan fingerprint density at radius 2 is 2.05 bits per heavy atom. The first-order valence-electron chi connectivity index (χ1n) is 6.89. The van der Waals surface area contributed by atoms with Gasteiger partial charge in [-0.05, 0) is 30.9 Å². The number of nitrogens with two attached hydrogens (primary N) is 1. The van der Waals surface area contributed by atoms with E-state index in [4.69, 9.17) is 5.73 Å². The molecule has 1 aromatic carbocycles. The van der Waals surface area contributed by atoms with Gasteiger partial charge in [-0.15, -0.1) is 12.4 Å². The van der Waals surface area contributed by atoms with Crippen molar-refractivity contribution >= 4 is 29.3 Å². The predicted molar refractivity (Wildman–Crippen MR) is 84.4 cm³/mol. The summed E-state index contributed by atoms with van der Waals surface area (Å²) in [5.74, 6) is 0.438. The molecule has 0 saturated heterocycles. The summed E-state index contributed by atoms with van der Waals surface area (Å²) in [7, 11) is 1.80. The number of aromatic nitrogens is 2. The van der Waals surface area contributed by atoms with E-state index in [1.165, 1.54) is 0 Å². The third-order valence-corrected chi connectivity index (χ3v) is 3.89. The largest absolute Gasteiger partial charge is 0.336 e. The van der Waals surface area contributed by atoms with Gasteiger partial charge in [0.2, 0.25) is 0 Å². The second-order valence-corrected chi connectivity index (χ2v) is 5.30. The number of halogens is 1. The summed E-state index contributed by atoms with van der Waals surface area (Å²) in [6.07, 6.45) is 3.85. The van der Waals surface area contributed by atoms with Crippen LogP contribution < -0.4 is 5.73 Å². The quantitative estimate of drug-likeness (QED) is 0.936. The first-order chi connectivity index (χ1) is 9.70. The average Bonchev–Trinajstić information content (AvgIpc) is 3.31. The van der Waals surface area contributed by atoms with Crippen molar-refractivity contribution in [2.45, 2.75) is 18.9 Å². The highest BCUT2D eigenvalue weighted by molar-refractivity contribution is 5.93. The molecular formula is C15H19ClN4O. The van der Waals surface area contributed by atoms with Crippen LogP contribution in [0.3, 0.4) is 0 Å². The van der Waals surface area contributed by atoms with Crippen LogP contribution in [0.2, 0.25) is 0 Å². The van der Waals surface area contributed by atoms with Crippen molar-refractivity contribution in [3.8, 4) is 0 Å². The third kappa shape index (κ3) is 3.14. The van der Waals surface area contributed by atoms with Gasteiger partial charge in [-0.25, -0.2) is 4.98 Å². The molecule has 2 N–H and O–H groups in total. The number of benzene rings is 1. The Labute approximate surface area is 130 Å². The number of likely N-dealkylation sites (N-methyl/N-ethyl adjacent to an activating group) is 1. The fourth-order valence-electron chi connectivity index (χ4n) is 2.54. The maximum atomic E-state index is 12.5. The van der Waals surface area contributed by atoms with Gasteiger partial charge in [0.05, 0.1) is 17.2 Å². The number of para-hydroxylation sites is 2. The predicted octanol–water partition coefficient (Wildman–Crippen LogP) is 1.86. The van der Waals surface area contributed by atoms with Gasteiger partial charge in [0.15, 0.2) is 0 Å². The van der Waals surface area contributed by atoms with E-state index in [1.54, 1.807) is 18.1 Å². The highest BCUT2D eigenvalue weighted by Crippen LogP contribution is 2.34. The molecule has 1 fully saturated rings. The molecule has 0 aliphatic heterocycles. The molecule has 0 spiro atoms. The van der Waals surface area contributed by atoms with Crippen LogP contribution in [0.15, 0.2) is 30.5 Å². The van der Waals surface area contributed by atoms with Crippen molar-refractivity contribution in [2.24, 2.45) is 11.7 Å². The molecule has 3 rings (SSSR count). The van der Waals surface area contributed by atoms with Crippen LogP contribution in [0, 0.1) is 5.92 Å². The van der Waals surface area contributed by atoms with E-state index in [9.17, 15) is 4.79 Å². The number of hydrogen-bond acceptors (Lipinski definition) is 4. The summed E-state index contributed by atoms with van der Waals surface area (Å²) in [4.78, 5) is 22.9. The summed E-state index contributed by atoms with van der Waals surface area (Å²) in [6, 6.07) is 7.65. The van der Waals surface area contributed by atoms with Crippen molar-refractivity contribution < 1.29 is 4.79 Å². The van der Waals surface area contributed by atoms with Gasteiger partial charge in [-0.3, -0.25) is 9.78 Å². The molecule has 1 aromatic heterocycles. The molecule has 1 aliphatic carbocycles. The lowest BCUT2D eigenvalue weighted by Gasteiger charge is -2.26. The number of rotatable bonds is 4. The zero-order chi connectivity index (χ0) is 14.1. The van der Waals surface area contributed by atoms with Crippen molar-refractivity contribution in [3.63, 3.8) is 0 Å². The van der Waals surface area contributed by atoms with Gasteiger partial charge >= 0.3 is 0 Å². The van der Waals surface area contributed by atoms with Crippen LogP contribution in [0.25, 0.3) is 11.0 Å². The molecular weight excluding hydrogens is 288 g/mol. The third-order valence-electron chi connectivity index (χ3n) is 3.89. The second-order valence-electron chi connectivity index (χ2n) is 5.30. The first kappa shape index (κ1) is 15.7. The van der Waals surface area contributed by atoms with Crippen molar-refractivity contribution in [2.75, 3.05) is 13.6 Å². The normalized spacial score (nSPS) is 15.3. The zero-order valence-corrected chi connectivity index (χ0v) is 12.7. The molecule has 21 heavy (non-hydrogen) atoms. The Bertz CT molecular complexity index is 644. The standard InChI is InChI=1S/C15H18N4O.ClH/c1-19(14(8-16)10-6-7-10)15(20)13-9-17-11-4-2-3-5-12(11)18-13;/h2-5,9-10,14H,6-8,16H2,1H3;1H. The zero-order valence-electron chi connectivity index (χ0n) is 11.9. The Kier molecular flexibility index (Phi) is 4.75. The van der Waals surface area contributed by atoms with E-state index in [-0.39, 0.29) is 24.4 Å². The summed E-state index contributed by atoms with van der Waals surface area (Å²) >= 11 is 0. The van der Waals surface area contributed by atoms with Gasteiger partial charge in [0.25, 0.3) is 5.91 Å². The fraction of sp³-hybridized carbons (Fsp3) is 0.400. The van der Waals surface area contributed by atoms with Crippen molar-refractivity contribution in [1.82, 2.24) is 14.9 Å². The van der Waals surface area contributed by atoms with Crippen LogP contribution in [-0.2, 0) is 0 Å². The number of hydrogen-bond donors (Lipinski definition) is 1. The summed E-state index contributed by atoms with van der Waals surface area (Å²) in [6.45, 7) is 0.494. The van der Waals surface area contributed by atoms with E-state index in [0.29, 0.717) is 18.2 Å². The second kappa shape index (κ2) is 6.37. The van der Waals surface area contributed by atoms with E-state index in [2.05, 4.69) is 9.97 Å². The summed E-state index contributed by atoms with van der Waals surface area (Å²) in [5.41, 5.74) is 7.71. The molecule has 6 heteroatoms. The molecule has 1 unspecified atom stereocenters. The molecule has 1 amide bonds. The number of fused-ring (bicyclic) bond motifs is 1. The average molecular weight is 307 g/mol. The van der Waals surface area contributed by atoms with Crippen LogP contribution >= 0.6 is 12.4 Å². The molecule has 2 aromatic rings. The van der Waals surface area contributed by atoms with Gasteiger partial charge in [0, 0.05) is 19.6 Å². The van der Waals surface area contributed by atoms with Crippen molar-refractivity contribution in [1.29, 1.82) is 0 Å². The first-order valence-corrected chi connectivity index (χ1v) is 6.89. The highest BCUT2D eigenvalue weighted by Gasteiger charge is 2.35. The number of nitrogens with zero attached hydrogens (tertiary/aromatic N) is 3. The monoisotopic (exact) mass is 306 g/mol. The SMILES string of the molecule is CN(C(=O)c1cnc2ccccc2n1)C(CN)C1CC1.Cl. The van der Waals surface area contributed by atoms with Crippen LogP contribution in [0.4, 0.5) is 0 Å². The van der Waals surface area contributed by atoms with E-state index in [0.717, 1.165) is 23.9 Å². The maximum absolute atomic E-state index is 12.5. The summed E-state index contributed by atoms with van der Waals surface area (Å²) in [5, 5.41) is 0. The van der Waals surface area contributed by atoms with Gasteiger partial charge in [0.1, 0.15) is 5.69 Å². The van der Waals surface area contributed by atoms with Gasteiger partial charge in [-0.2, -0.15) is 0 Å². The molecule has 5 nitrogen and oxygen atoms in total. The Morgan fingerprint density at radius 3 is 2.67 bits per heavy atom. The Morgan fingerprint density at radius 1 is 1.38 bits per heavy atom. The topological polar surface area (TPSA) is 72.1 Å². The molecule has 112 valence electrons. The highest BCUT2D eigenvalue weighted by atomic mass is 35.5. The molecule has 1 aliphatic rings. The molecule has 1 heterocycles. The molecule has 1 atom stereocenters. The fourth-order valence-corrected chi connectivity index (χ4v) is 2.54. The lowest BCUT2D eigenvalue weighted by Crippen LogP contribution is -2.43. The van der Waals surface area contributed by atoms with E-state index < -0.39 is 0 Å². The minimum Gasteiger partial charge on any atom is -0.336 e. The molecule has 0 radical (unpaired) electrons. The lowest BCUT2D eigenvalue weighted by atomic mass is 10.1. The van der Waals surface area contributed by atoms with E-state index in [1.807, 2.05) is 24.3 Å². The van der Waals surface area contributed by atoms with Crippen molar-refractivity contribution in [3.05, 3.63) is 36.2 Å². The lowest BCUT2D eigenvalue weighted by molar-refractivity contribution is 0.0712. The minimum atomic E-state index is -0.106. The van der Waals surface area contributed by atoms with Crippen LogP contribution in [-0.4, -0.2) is 40.4 Å². The number of carbonyl (C=O) groups is 1. The van der Waals surface area contributed by atoms with Crippen LogP contribution in [0.5, 0.6) is 0 Å². The molecule has 1 saturated carbocycles. The van der Waals surface area contributed by atoms with Gasteiger partial charge in [-0.1, -0.05) is 12.1 Å².